The predicted octanol–water partition coefficient (Wildman–Crippen LogP) is 1.68. The average molecular weight is 179 g/mol. The topological polar surface area (TPSA) is 46.2 Å². The molecular formula is C11H17NO. The summed E-state index contributed by atoms with van der Waals surface area (Å²) in [6, 6.07) is 5.81. The lowest BCUT2D eigenvalue weighted by molar-refractivity contribution is 0.164. The van der Waals surface area contributed by atoms with Gasteiger partial charge in [-0.05, 0) is 31.9 Å². The Morgan fingerprint density at radius 1 is 1.31 bits per heavy atom. The highest BCUT2D eigenvalue weighted by molar-refractivity contribution is 5.33. The van der Waals surface area contributed by atoms with Crippen LogP contribution in [0.25, 0.3) is 0 Å². The van der Waals surface area contributed by atoms with Crippen molar-refractivity contribution in [3.8, 4) is 0 Å². The number of hydrogen-bond donors (Lipinski definition) is 2. The molecule has 0 radical (unpaired) electrons. The molecule has 1 aromatic carbocycles. The second-order valence-corrected chi connectivity index (χ2v) is 3.63. The first-order chi connectivity index (χ1) is 6.02. The quantitative estimate of drug-likeness (QED) is 0.725. The Morgan fingerprint density at radius 3 is 2.38 bits per heavy atom. The van der Waals surface area contributed by atoms with E-state index >= 15 is 0 Å². The van der Waals surface area contributed by atoms with E-state index in [0.29, 0.717) is 0 Å². The molecule has 0 fully saturated rings. The molecule has 13 heavy (non-hydrogen) atoms. The SMILES string of the molecule is Cc1ccc([C@@H](N)[C@@H](C)O)c(C)c1. The van der Waals surface area contributed by atoms with Gasteiger partial charge in [-0.2, -0.15) is 0 Å². The van der Waals surface area contributed by atoms with Crippen LogP contribution >= 0.6 is 0 Å². The summed E-state index contributed by atoms with van der Waals surface area (Å²) in [6.45, 7) is 5.78. The van der Waals surface area contributed by atoms with E-state index in [2.05, 4.69) is 6.07 Å². The number of rotatable bonds is 2. The number of hydrogen-bond acceptors (Lipinski definition) is 2. The van der Waals surface area contributed by atoms with Gasteiger partial charge in [0.1, 0.15) is 0 Å². The van der Waals surface area contributed by atoms with E-state index in [4.69, 9.17) is 5.73 Å². The maximum Gasteiger partial charge on any atom is 0.0704 e. The Labute approximate surface area is 79.4 Å². The first kappa shape index (κ1) is 10.2. The maximum absolute atomic E-state index is 9.34. The van der Waals surface area contributed by atoms with Crippen LogP contribution in [0.5, 0.6) is 0 Å². The molecule has 0 bridgehead atoms. The van der Waals surface area contributed by atoms with E-state index in [1.807, 2.05) is 26.0 Å². The summed E-state index contributed by atoms with van der Waals surface area (Å²) in [6.07, 6.45) is -0.499. The third-order valence-corrected chi connectivity index (χ3v) is 2.30. The van der Waals surface area contributed by atoms with Crippen LogP contribution in [0.4, 0.5) is 0 Å². The number of nitrogens with two attached hydrogens (primary N) is 1. The molecule has 2 atom stereocenters. The Kier molecular flexibility index (Phi) is 3.07. The summed E-state index contributed by atoms with van der Waals surface area (Å²) >= 11 is 0. The van der Waals surface area contributed by atoms with Gasteiger partial charge >= 0.3 is 0 Å². The third-order valence-electron chi connectivity index (χ3n) is 2.30. The molecule has 72 valence electrons. The normalized spacial score (nSPS) is 15.5. The van der Waals surface area contributed by atoms with Crippen molar-refractivity contribution in [1.29, 1.82) is 0 Å². The van der Waals surface area contributed by atoms with Crippen LogP contribution in [0.3, 0.4) is 0 Å². The summed E-state index contributed by atoms with van der Waals surface area (Å²) in [4.78, 5) is 0. The van der Waals surface area contributed by atoms with E-state index in [9.17, 15) is 5.11 Å². The Balaban J connectivity index is 3.01. The van der Waals surface area contributed by atoms with Crippen LogP contribution in [0.1, 0.15) is 29.7 Å². The second kappa shape index (κ2) is 3.90. The van der Waals surface area contributed by atoms with Crippen molar-refractivity contribution in [2.75, 3.05) is 0 Å². The first-order valence-corrected chi connectivity index (χ1v) is 4.53. The standard InChI is InChI=1S/C11H17NO/c1-7-4-5-10(8(2)6-7)11(12)9(3)13/h4-6,9,11,13H,12H2,1-3H3/t9-,11+/m1/s1. The van der Waals surface area contributed by atoms with E-state index in [1.165, 1.54) is 5.56 Å². The fraction of sp³-hybridized carbons (Fsp3) is 0.455. The van der Waals surface area contributed by atoms with Gasteiger partial charge in [0.2, 0.25) is 0 Å². The summed E-state index contributed by atoms with van der Waals surface area (Å²) < 4.78 is 0. The van der Waals surface area contributed by atoms with Gasteiger partial charge in [-0.25, -0.2) is 0 Å². The van der Waals surface area contributed by atoms with E-state index in [-0.39, 0.29) is 6.04 Å². The molecule has 0 aliphatic heterocycles. The number of aryl methyl sites for hydroxylation is 2. The molecule has 0 aliphatic rings. The molecular weight excluding hydrogens is 162 g/mol. The minimum absolute atomic E-state index is 0.277. The van der Waals surface area contributed by atoms with Gasteiger partial charge in [0.25, 0.3) is 0 Å². The van der Waals surface area contributed by atoms with Crippen LogP contribution in [-0.2, 0) is 0 Å². The molecule has 1 aromatic rings. The summed E-state index contributed by atoms with van der Waals surface area (Å²) in [7, 11) is 0. The first-order valence-electron chi connectivity index (χ1n) is 4.53. The fourth-order valence-electron chi connectivity index (χ4n) is 1.46. The van der Waals surface area contributed by atoms with Crippen LogP contribution < -0.4 is 5.73 Å². The van der Waals surface area contributed by atoms with E-state index in [0.717, 1.165) is 11.1 Å². The van der Waals surface area contributed by atoms with Crippen molar-refractivity contribution < 1.29 is 5.11 Å². The molecule has 0 spiro atoms. The van der Waals surface area contributed by atoms with Gasteiger partial charge in [-0.3, -0.25) is 0 Å². The lowest BCUT2D eigenvalue weighted by atomic mass is 9.97. The molecule has 2 nitrogen and oxygen atoms in total. The van der Waals surface area contributed by atoms with E-state index in [1.54, 1.807) is 6.92 Å². The Morgan fingerprint density at radius 2 is 1.92 bits per heavy atom. The molecule has 0 heterocycles. The molecule has 0 saturated heterocycles. The molecule has 0 amide bonds. The molecule has 0 unspecified atom stereocenters. The lowest BCUT2D eigenvalue weighted by Crippen LogP contribution is -2.23. The van der Waals surface area contributed by atoms with Crippen molar-refractivity contribution in [2.45, 2.75) is 32.9 Å². The Bertz CT molecular complexity index is 294. The van der Waals surface area contributed by atoms with Gasteiger partial charge in [0.15, 0.2) is 0 Å². The monoisotopic (exact) mass is 179 g/mol. The van der Waals surface area contributed by atoms with Crippen molar-refractivity contribution >= 4 is 0 Å². The molecule has 0 aliphatic carbocycles. The summed E-state index contributed by atoms with van der Waals surface area (Å²) in [5.74, 6) is 0. The molecule has 1 rings (SSSR count). The highest BCUT2D eigenvalue weighted by Gasteiger charge is 2.13. The highest BCUT2D eigenvalue weighted by Crippen LogP contribution is 2.19. The van der Waals surface area contributed by atoms with Gasteiger partial charge in [-0.15, -0.1) is 0 Å². The van der Waals surface area contributed by atoms with E-state index < -0.39 is 6.10 Å². The van der Waals surface area contributed by atoms with Gasteiger partial charge in [-0.1, -0.05) is 23.8 Å². The Hall–Kier alpha value is -0.860. The fourth-order valence-corrected chi connectivity index (χ4v) is 1.46. The molecule has 2 heteroatoms. The molecule has 0 saturated carbocycles. The number of benzene rings is 1. The molecule has 3 N–H and O–H groups in total. The van der Waals surface area contributed by atoms with Crippen LogP contribution in [-0.4, -0.2) is 11.2 Å². The van der Waals surface area contributed by atoms with Crippen molar-refractivity contribution in [3.05, 3.63) is 34.9 Å². The summed E-state index contributed by atoms with van der Waals surface area (Å²) in [5.41, 5.74) is 9.24. The van der Waals surface area contributed by atoms with Crippen molar-refractivity contribution in [1.82, 2.24) is 0 Å². The summed E-state index contributed by atoms with van der Waals surface area (Å²) in [5, 5.41) is 9.34. The van der Waals surface area contributed by atoms with Gasteiger partial charge < -0.3 is 10.8 Å². The highest BCUT2D eigenvalue weighted by atomic mass is 16.3. The lowest BCUT2D eigenvalue weighted by Gasteiger charge is -2.17. The van der Waals surface area contributed by atoms with Crippen LogP contribution in [0.15, 0.2) is 18.2 Å². The maximum atomic E-state index is 9.34. The van der Waals surface area contributed by atoms with Gasteiger partial charge in [0.05, 0.1) is 12.1 Å². The van der Waals surface area contributed by atoms with Gasteiger partial charge in [0, 0.05) is 0 Å². The average Bonchev–Trinajstić information content (AvgIpc) is 2.03. The number of aliphatic hydroxyl groups is 1. The van der Waals surface area contributed by atoms with Crippen LogP contribution in [0, 0.1) is 13.8 Å². The minimum Gasteiger partial charge on any atom is -0.391 e. The predicted molar refractivity (Wildman–Crippen MR) is 54.5 cm³/mol. The number of aliphatic hydroxyl groups excluding tert-OH is 1. The minimum atomic E-state index is -0.499. The zero-order valence-corrected chi connectivity index (χ0v) is 8.41. The van der Waals surface area contributed by atoms with Crippen molar-refractivity contribution in [2.24, 2.45) is 5.73 Å². The van der Waals surface area contributed by atoms with Crippen LogP contribution in [0.2, 0.25) is 0 Å². The second-order valence-electron chi connectivity index (χ2n) is 3.63. The smallest absolute Gasteiger partial charge is 0.0704 e. The third kappa shape index (κ3) is 2.29. The largest absolute Gasteiger partial charge is 0.391 e. The van der Waals surface area contributed by atoms with Crippen molar-refractivity contribution in [3.63, 3.8) is 0 Å². The zero-order valence-electron chi connectivity index (χ0n) is 8.41. The zero-order chi connectivity index (χ0) is 10.0. The molecule has 0 aromatic heterocycles.